The average Bonchev–Trinajstić information content (AvgIpc) is 2.93. The van der Waals surface area contributed by atoms with Crippen molar-refractivity contribution in [2.45, 2.75) is 23.8 Å². The normalized spacial score (nSPS) is 25.2. The molecule has 1 atom stereocenters. The number of thioether (sulfide) groups is 1. The Morgan fingerprint density at radius 1 is 1.41 bits per heavy atom. The maximum Gasteiger partial charge on any atom is 0.153 e. The molecular weight excluding hydrogens is 252 g/mol. The van der Waals surface area contributed by atoms with E-state index in [1.54, 1.807) is 23.3 Å². The van der Waals surface area contributed by atoms with Crippen LogP contribution in [0.2, 0.25) is 0 Å². The highest BCUT2D eigenvalue weighted by atomic mass is 32.2. The van der Waals surface area contributed by atoms with E-state index in [2.05, 4.69) is 20.4 Å². The van der Waals surface area contributed by atoms with Crippen LogP contribution in [0.5, 0.6) is 0 Å². The van der Waals surface area contributed by atoms with Crippen molar-refractivity contribution in [2.24, 2.45) is 0 Å². The third-order valence-corrected chi connectivity index (χ3v) is 5.60. The van der Waals surface area contributed by atoms with Crippen LogP contribution in [0.25, 0.3) is 0 Å². The Morgan fingerprint density at radius 3 is 3.12 bits per heavy atom. The lowest BCUT2D eigenvalue weighted by Gasteiger charge is -2.38. The Balaban J connectivity index is 1.80. The van der Waals surface area contributed by atoms with Crippen LogP contribution >= 0.6 is 23.3 Å². The van der Waals surface area contributed by atoms with E-state index in [9.17, 15) is 0 Å². The molecule has 2 aliphatic rings. The van der Waals surface area contributed by atoms with Gasteiger partial charge >= 0.3 is 0 Å². The number of fused-ring (bicyclic) bond motifs is 1. The van der Waals surface area contributed by atoms with Crippen molar-refractivity contribution in [1.82, 2.24) is 9.27 Å². The van der Waals surface area contributed by atoms with Crippen molar-refractivity contribution in [3.8, 4) is 0 Å². The highest BCUT2D eigenvalue weighted by Crippen LogP contribution is 2.39. The van der Waals surface area contributed by atoms with Gasteiger partial charge in [-0.1, -0.05) is 0 Å². The van der Waals surface area contributed by atoms with Crippen molar-refractivity contribution in [2.75, 3.05) is 43.1 Å². The van der Waals surface area contributed by atoms with E-state index in [0.717, 1.165) is 19.1 Å². The summed E-state index contributed by atoms with van der Waals surface area (Å²) in [6.45, 7) is 4.75. The lowest BCUT2D eigenvalue weighted by Crippen LogP contribution is -2.50. The average molecular weight is 270 g/mol. The minimum Gasteiger partial charge on any atom is -0.382 e. The number of hydrogen-bond donors (Lipinski definition) is 1. The SMILES string of the molecule is CSc1c(N)nsc1N1CCN2CCCC2C1. The summed E-state index contributed by atoms with van der Waals surface area (Å²) in [7, 11) is 0. The van der Waals surface area contributed by atoms with E-state index in [1.165, 1.54) is 35.8 Å². The molecule has 2 fully saturated rings. The number of piperazine rings is 1. The predicted molar refractivity (Wildman–Crippen MR) is 75.1 cm³/mol. The standard InChI is InChI=1S/C11H18N4S2/c1-16-9-10(12)13-17-11(9)15-6-5-14-4-2-3-8(14)7-15/h8H,2-7H2,1H3,(H2,12,13). The molecule has 2 saturated heterocycles. The van der Waals surface area contributed by atoms with E-state index in [4.69, 9.17) is 5.73 Å². The molecule has 1 aromatic heterocycles. The zero-order valence-corrected chi connectivity index (χ0v) is 11.7. The number of aromatic nitrogens is 1. The van der Waals surface area contributed by atoms with Crippen LogP contribution in [-0.4, -0.2) is 47.8 Å². The fraction of sp³-hybridized carbons (Fsp3) is 0.727. The molecule has 0 aliphatic carbocycles. The van der Waals surface area contributed by atoms with E-state index >= 15 is 0 Å². The van der Waals surface area contributed by atoms with Gasteiger partial charge in [-0.05, 0) is 37.2 Å². The zero-order valence-electron chi connectivity index (χ0n) is 10.1. The molecule has 0 saturated carbocycles. The molecule has 2 aliphatic heterocycles. The Kier molecular flexibility index (Phi) is 3.19. The van der Waals surface area contributed by atoms with E-state index in [1.807, 2.05) is 0 Å². The predicted octanol–water partition coefficient (Wildman–Crippen LogP) is 1.73. The molecule has 0 aromatic carbocycles. The molecular formula is C11H18N4S2. The number of rotatable bonds is 2. The third kappa shape index (κ3) is 2.02. The second kappa shape index (κ2) is 4.66. The first kappa shape index (κ1) is 11.6. The lowest BCUT2D eigenvalue weighted by molar-refractivity contribution is 0.231. The fourth-order valence-corrected chi connectivity index (χ4v) is 4.58. The van der Waals surface area contributed by atoms with Gasteiger partial charge < -0.3 is 10.6 Å². The molecule has 2 N–H and O–H groups in total. The van der Waals surface area contributed by atoms with Crippen LogP contribution in [0.3, 0.4) is 0 Å². The number of anilines is 2. The second-order valence-electron chi connectivity index (χ2n) is 4.68. The molecule has 0 bridgehead atoms. The molecule has 0 amide bonds. The second-order valence-corrected chi connectivity index (χ2v) is 6.25. The Hall–Kier alpha value is -0.460. The first-order valence-corrected chi connectivity index (χ1v) is 8.07. The van der Waals surface area contributed by atoms with Gasteiger partial charge in [-0.15, -0.1) is 11.8 Å². The highest BCUT2D eigenvalue weighted by Gasteiger charge is 2.32. The van der Waals surface area contributed by atoms with Gasteiger partial charge in [0, 0.05) is 25.7 Å². The van der Waals surface area contributed by atoms with Crippen molar-refractivity contribution < 1.29 is 0 Å². The van der Waals surface area contributed by atoms with Gasteiger partial charge in [-0.25, -0.2) is 0 Å². The van der Waals surface area contributed by atoms with Gasteiger partial charge in [0.1, 0.15) is 5.00 Å². The molecule has 6 heteroatoms. The maximum atomic E-state index is 5.91. The number of hydrogen-bond acceptors (Lipinski definition) is 6. The molecule has 0 spiro atoms. The molecule has 3 rings (SSSR count). The molecule has 94 valence electrons. The van der Waals surface area contributed by atoms with E-state index < -0.39 is 0 Å². The Labute approximate surface area is 110 Å². The summed E-state index contributed by atoms with van der Waals surface area (Å²) in [6.07, 6.45) is 4.79. The molecule has 3 heterocycles. The number of nitrogens with zero attached hydrogens (tertiary/aromatic N) is 3. The smallest absolute Gasteiger partial charge is 0.153 e. The Morgan fingerprint density at radius 2 is 2.29 bits per heavy atom. The minimum atomic E-state index is 0.700. The van der Waals surface area contributed by atoms with Crippen molar-refractivity contribution in [3.63, 3.8) is 0 Å². The van der Waals surface area contributed by atoms with Gasteiger partial charge in [0.2, 0.25) is 0 Å². The van der Waals surface area contributed by atoms with Gasteiger partial charge in [0.05, 0.1) is 4.90 Å². The summed E-state index contributed by atoms with van der Waals surface area (Å²) in [5.74, 6) is 0.700. The summed E-state index contributed by atoms with van der Waals surface area (Å²) in [4.78, 5) is 6.27. The Bertz CT molecular complexity index is 406. The van der Waals surface area contributed by atoms with Gasteiger partial charge in [0.15, 0.2) is 5.82 Å². The van der Waals surface area contributed by atoms with Crippen molar-refractivity contribution >= 4 is 34.1 Å². The molecule has 4 nitrogen and oxygen atoms in total. The topological polar surface area (TPSA) is 45.4 Å². The van der Waals surface area contributed by atoms with Gasteiger partial charge in [-0.3, -0.25) is 4.90 Å². The van der Waals surface area contributed by atoms with Crippen LogP contribution < -0.4 is 10.6 Å². The largest absolute Gasteiger partial charge is 0.382 e. The molecule has 17 heavy (non-hydrogen) atoms. The van der Waals surface area contributed by atoms with Crippen molar-refractivity contribution in [3.05, 3.63) is 0 Å². The summed E-state index contributed by atoms with van der Waals surface area (Å²) in [5.41, 5.74) is 5.91. The summed E-state index contributed by atoms with van der Waals surface area (Å²) < 4.78 is 4.29. The maximum absolute atomic E-state index is 5.91. The first-order valence-electron chi connectivity index (χ1n) is 6.07. The van der Waals surface area contributed by atoms with Gasteiger partial charge in [-0.2, -0.15) is 4.37 Å². The number of nitrogens with two attached hydrogens (primary N) is 1. The third-order valence-electron chi connectivity index (χ3n) is 3.74. The molecule has 1 unspecified atom stereocenters. The number of nitrogen functional groups attached to an aromatic ring is 1. The molecule has 0 radical (unpaired) electrons. The zero-order chi connectivity index (χ0) is 11.8. The van der Waals surface area contributed by atoms with Crippen LogP contribution in [0.1, 0.15) is 12.8 Å². The summed E-state index contributed by atoms with van der Waals surface area (Å²) in [5, 5.41) is 1.28. The highest BCUT2D eigenvalue weighted by molar-refractivity contribution is 7.99. The van der Waals surface area contributed by atoms with E-state index in [-0.39, 0.29) is 0 Å². The van der Waals surface area contributed by atoms with E-state index in [0.29, 0.717) is 5.82 Å². The molecule has 1 aromatic rings. The summed E-state index contributed by atoms with van der Waals surface area (Å²) >= 11 is 3.27. The van der Waals surface area contributed by atoms with Crippen LogP contribution in [0.4, 0.5) is 10.8 Å². The quantitative estimate of drug-likeness (QED) is 0.829. The summed E-state index contributed by atoms with van der Waals surface area (Å²) in [6, 6.07) is 0.752. The van der Waals surface area contributed by atoms with Gasteiger partial charge in [0.25, 0.3) is 0 Å². The lowest BCUT2D eigenvalue weighted by atomic mass is 10.1. The minimum absolute atomic E-state index is 0.700. The van der Waals surface area contributed by atoms with Crippen LogP contribution in [-0.2, 0) is 0 Å². The van der Waals surface area contributed by atoms with Crippen molar-refractivity contribution in [1.29, 1.82) is 0 Å². The van der Waals surface area contributed by atoms with Crippen LogP contribution in [0, 0.1) is 0 Å². The first-order chi connectivity index (χ1) is 8.29. The van der Waals surface area contributed by atoms with Crippen LogP contribution in [0.15, 0.2) is 4.90 Å². The monoisotopic (exact) mass is 270 g/mol. The fourth-order valence-electron chi connectivity index (χ4n) is 2.85.